The van der Waals surface area contributed by atoms with Gasteiger partial charge in [-0.3, -0.25) is 4.79 Å². The smallest absolute Gasteiger partial charge is 0.262 e. The Bertz CT molecular complexity index is 1020. The van der Waals surface area contributed by atoms with Crippen molar-refractivity contribution < 1.29 is 19.0 Å². The molecule has 0 radical (unpaired) electrons. The van der Waals surface area contributed by atoms with Gasteiger partial charge in [0.2, 0.25) is 0 Å². The lowest BCUT2D eigenvalue weighted by molar-refractivity contribution is -0.118. The number of rotatable bonds is 6. The van der Waals surface area contributed by atoms with Crippen molar-refractivity contribution in [3.05, 3.63) is 82.9 Å². The van der Waals surface area contributed by atoms with Crippen LogP contribution in [0.25, 0.3) is 0 Å². The second kappa shape index (κ2) is 9.55. The van der Waals surface area contributed by atoms with Gasteiger partial charge in [-0.2, -0.15) is 0 Å². The fourth-order valence-electron chi connectivity index (χ4n) is 3.22. The molecule has 6 heteroatoms. The van der Waals surface area contributed by atoms with E-state index in [1.807, 2.05) is 42.5 Å². The molecule has 1 aliphatic rings. The molecule has 1 amide bonds. The van der Waals surface area contributed by atoms with Crippen LogP contribution in [0.2, 0.25) is 5.02 Å². The first-order valence-electron chi connectivity index (χ1n) is 9.82. The molecule has 5 nitrogen and oxygen atoms in total. The van der Waals surface area contributed by atoms with E-state index in [0.29, 0.717) is 41.2 Å². The second-order valence-electron chi connectivity index (χ2n) is 6.94. The Hall–Kier alpha value is -3.18. The number of benzene rings is 3. The number of carbonyl (C=O) groups is 1. The van der Waals surface area contributed by atoms with Gasteiger partial charge in [0.1, 0.15) is 5.75 Å². The highest BCUT2D eigenvalue weighted by Crippen LogP contribution is 2.37. The van der Waals surface area contributed by atoms with Crippen molar-refractivity contribution in [2.45, 2.75) is 12.8 Å². The Labute approximate surface area is 180 Å². The number of halogens is 1. The standard InChI is InChI=1S/C24H22ClNO4/c25-19-14-22-23(29-12-6-11-28-22)15-20(19)26-24(27)16-30-21-10-5-4-9-18(21)13-17-7-2-1-3-8-17/h1-5,7-10,14-15H,6,11-13,16H2,(H,26,27). The molecule has 1 N–H and O–H groups in total. The van der Waals surface area contributed by atoms with Gasteiger partial charge in [0.05, 0.1) is 23.9 Å². The Morgan fingerprint density at radius 3 is 2.47 bits per heavy atom. The zero-order chi connectivity index (χ0) is 20.8. The Morgan fingerprint density at radius 2 is 1.67 bits per heavy atom. The third-order valence-electron chi connectivity index (χ3n) is 4.68. The summed E-state index contributed by atoms with van der Waals surface area (Å²) < 4.78 is 17.1. The number of amides is 1. The molecule has 4 rings (SSSR count). The quantitative estimate of drug-likeness (QED) is 0.598. The number of ether oxygens (including phenoxy) is 3. The minimum Gasteiger partial charge on any atom is -0.490 e. The van der Waals surface area contributed by atoms with E-state index in [0.717, 1.165) is 18.4 Å². The molecular weight excluding hydrogens is 402 g/mol. The molecule has 0 spiro atoms. The van der Waals surface area contributed by atoms with E-state index >= 15 is 0 Å². The van der Waals surface area contributed by atoms with Gasteiger partial charge in [-0.05, 0) is 17.2 Å². The molecule has 0 aromatic heterocycles. The van der Waals surface area contributed by atoms with Crippen LogP contribution >= 0.6 is 11.6 Å². The summed E-state index contributed by atoms with van der Waals surface area (Å²) in [6, 6.07) is 21.2. The van der Waals surface area contributed by atoms with Crippen molar-refractivity contribution in [3.8, 4) is 17.2 Å². The highest BCUT2D eigenvalue weighted by molar-refractivity contribution is 6.34. The molecule has 3 aromatic rings. The van der Waals surface area contributed by atoms with Crippen LogP contribution in [0, 0.1) is 0 Å². The van der Waals surface area contributed by atoms with Crippen molar-refractivity contribution in [3.63, 3.8) is 0 Å². The van der Waals surface area contributed by atoms with Gasteiger partial charge in [0, 0.05) is 25.0 Å². The van der Waals surface area contributed by atoms with Crippen LogP contribution in [0.15, 0.2) is 66.7 Å². The van der Waals surface area contributed by atoms with Gasteiger partial charge in [-0.15, -0.1) is 0 Å². The summed E-state index contributed by atoms with van der Waals surface area (Å²) in [4.78, 5) is 12.5. The van der Waals surface area contributed by atoms with Crippen LogP contribution in [0.3, 0.4) is 0 Å². The number of anilines is 1. The first-order chi connectivity index (χ1) is 14.7. The minimum absolute atomic E-state index is 0.128. The first kappa shape index (κ1) is 20.1. The Kier molecular flexibility index (Phi) is 6.40. The van der Waals surface area contributed by atoms with Gasteiger partial charge >= 0.3 is 0 Å². The first-order valence-corrected chi connectivity index (χ1v) is 10.2. The zero-order valence-electron chi connectivity index (χ0n) is 16.4. The van der Waals surface area contributed by atoms with Gasteiger partial charge in [0.25, 0.3) is 5.91 Å². The van der Waals surface area contributed by atoms with Crippen LogP contribution < -0.4 is 19.5 Å². The van der Waals surface area contributed by atoms with E-state index in [4.69, 9.17) is 25.8 Å². The second-order valence-corrected chi connectivity index (χ2v) is 7.34. The van der Waals surface area contributed by atoms with E-state index in [2.05, 4.69) is 17.4 Å². The fraction of sp³-hybridized carbons (Fsp3) is 0.208. The predicted octanol–water partition coefficient (Wildman–Crippen LogP) is 5.11. The Balaban J connectivity index is 1.41. The molecule has 30 heavy (non-hydrogen) atoms. The molecule has 0 bridgehead atoms. The molecule has 0 aliphatic carbocycles. The van der Waals surface area contributed by atoms with Gasteiger partial charge in [0.15, 0.2) is 18.1 Å². The van der Waals surface area contributed by atoms with Gasteiger partial charge in [-0.1, -0.05) is 60.1 Å². The predicted molar refractivity (Wildman–Crippen MR) is 117 cm³/mol. The minimum atomic E-state index is -0.305. The van der Waals surface area contributed by atoms with Crippen molar-refractivity contribution >= 4 is 23.2 Å². The largest absolute Gasteiger partial charge is 0.490 e. The van der Waals surface area contributed by atoms with Crippen LogP contribution in [-0.4, -0.2) is 25.7 Å². The van der Waals surface area contributed by atoms with Crippen molar-refractivity contribution in [1.82, 2.24) is 0 Å². The van der Waals surface area contributed by atoms with Crippen LogP contribution in [0.1, 0.15) is 17.5 Å². The maximum atomic E-state index is 12.5. The monoisotopic (exact) mass is 423 g/mol. The molecule has 0 saturated heterocycles. The summed E-state index contributed by atoms with van der Waals surface area (Å²) in [6.07, 6.45) is 1.52. The number of hydrogen-bond acceptors (Lipinski definition) is 4. The molecule has 154 valence electrons. The fourth-order valence-corrected chi connectivity index (χ4v) is 3.42. The van der Waals surface area contributed by atoms with Crippen molar-refractivity contribution in [2.24, 2.45) is 0 Å². The molecule has 0 atom stereocenters. The topological polar surface area (TPSA) is 56.8 Å². The van der Waals surface area contributed by atoms with Crippen LogP contribution in [-0.2, 0) is 11.2 Å². The number of hydrogen-bond donors (Lipinski definition) is 1. The van der Waals surface area contributed by atoms with E-state index in [1.54, 1.807) is 12.1 Å². The third kappa shape index (κ3) is 5.05. The summed E-state index contributed by atoms with van der Waals surface area (Å²) in [5, 5.41) is 3.17. The maximum absolute atomic E-state index is 12.5. The highest BCUT2D eigenvalue weighted by Gasteiger charge is 2.16. The zero-order valence-corrected chi connectivity index (χ0v) is 17.2. The number of nitrogens with one attached hydrogen (secondary N) is 1. The average Bonchev–Trinajstić information content (AvgIpc) is 2.99. The summed E-state index contributed by atoms with van der Waals surface area (Å²) >= 11 is 6.30. The van der Waals surface area contributed by atoms with Gasteiger partial charge in [-0.25, -0.2) is 0 Å². The molecule has 3 aromatic carbocycles. The van der Waals surface area contributed by atoms with Gasteiger partial charge < -0.3 is 19.5 Å². The normalized spacial score (nSPS) is 12.7. The number of carbonyl (C=O) groups excluding carboxylic acids is 1. The van der Waals surface area contributed by atoms with E-state index in [9.17, 15) is 4.79 Å². The lowest BCUT2D eigenvalue weighted by Gasteiger charge is -2.14. The number of para-hydroxylation sites is 1. The summed E-state index contributed by atoms with van der Waals surface area (Å²) in [7, 11) is 0. The van der Waals surface area contributed by atoms with E-state index in [1.165, 1.54) is 5.56 Å². The van der Waals surface area contributed by atoms with Crippen molar-refractivity contribution in [1.29, 1.82) is 0 Å². The van der Waals surface area contributed by atoms with Crippen LogP contribution in [0.5, 0.6) is 17.2 Å². The van der Waals surface area contributed by atoms with E-state index < -0.39 is 0 Å². The summed E-state index contributed by atoms with van der Waals surface area (Å²) in [5.41, 5.74) is 2.66. The molecular formula is C24H22ClNO4. The van der Waals surface area contributed by atoms with Crippen molar-refractivity contribution in [2.75, 3.05) is 25.1 Å². The highest BCUT2D eigenvalue weighted by atomic mass is 35.5. The van der Waals surface area contributed by atoms with Crippen LogP contribution in [0.4, 0.5) is 5.69 Å². The number of fused-ring (bicyclic) bond motifs is 1. The lowest BCUT2D eigenvalue weighted by Crippen LogP contribution is -2.20. The molecule has 0 unspecified atom stereocenters. The maximum Gasteiger partial charge on any atom is 0.262 e. The molecule has 0 saturated carbocycles. The Morgan fingerprint density at radius 1 is 0.967 bits per heavy atom. The molecule has 1 aliphatic heterocycles. The lowest BCUT2D eigenvalue weighted by atomic mass is 10.0. The third-order valence-corrected chi connectivity index (χ3v) is 4.99. The van der Waals surface area contributed by atoms with E-state index in [-0.39, 0.29) is 12.5 Å². The molecule has 0 fully saturated rings. The average molecular weight is 424 g/mol. The summed E-state index contributed by atoms with van der Waals surface area (Å²) in [6.45, 7) is 1.01. The SMILES string of the molecule is O=C(COc1ccccc1Cc1ccccc1)Nc1cc2c(cc1Cl)OCCCO2. The summed E-state index contributed by atoms with van der Waals surface area (Å²) in [5.74, 6) is 1.53. The molecule has 1 heterocycles.